The lowest BCUT2D eigenvalue weighted by atomic mass is 10.1. The van der Waals surface area contributed by atoms with E-state index in [0.29, 0.717) is 4.91 Å². The summed E-state index contributed by atoms with van der Waals surface area (Å²) in [7, 11) is 3.71. The highest BCUT2D eigenvalue weighted by atomic mass is 32.2. The van der Waals surface area contributed by atoms with Crippen molar-refractivity contribution in [2.75, 3.05) is 14.1 Å². The topological polar surface area (TPSA) is 63.4 Å². The van der Waals surface area contributed by atoms with Gasteiger partial charge in [0.1, 0.15) is 0 Å². The average molecular weight is 264 g/mol. The third-order valence-electron chi connectivity index (χ3n) is 2.48. The smallest absolute Gasteiger partial charge is 0.269 e. The molecule has 0 spiro atoms. The van der Waals surface area contributed by atoms with Gasteiger partial charge in [-0.05, 0) is 11.6 Å². The lowest BCUT2D eigenvalue weighted by Gasteiger charge is -2.18. The van der Waals surface area contributed by atoms with E-state index in [1.54, 1.807) is 12.3 Å². The largest absolute Gasteiger partial charge is 0.382 e. The van der Waals surface area contributed by atoms with E-state index in [0.717, 1.165) is 10.5 Å². The maximum atomic E-state index is 11.9. The number of hydrogen-bond acceptors (Lipinski definition) is 5. The first-order valence-corrected chi connectivity index (χ1v) is 6.15. The van der Waals surface area contributed by atoms with Crippen LogP contribution in [0.1, 0.15) is 5.56 Å². The molecule has 0 radical (unpaired) electrons. The summed E-state index contributed by atoms with van der Waals surface area (Å²) >= 11 is 1.36. The van der Waals surface area contributed by atoms with E-state index in [1.165, 1.54) is 23.9 Å². The van der Waals surface area contributed by atoms with Crippen LogP contribution in [0.25, 0.3) is 0 Å². The van der Waals surface area contributed by atoms with Gasteiger partial charge >= 0.3 is 0 Å². The van der Waals surface area contributed by atoms with Crippen molar-refractivity contribution in [3.05, 3.63) is 45.0 Å². The number of benzene rings is 1. The molecular formula is C12H12N2O3S. The van der Waals surface area contributed by atoms with Crippen LogP contribution in [0.3, 0.4) is 0 Å². The maximum absolute atomic E-state index is 11.9. The molecule has 18 heavy (non-hydrogen) atoms. The van der Waals surface area contributed by atoms with E-state index in [2.05, 4.69) is 0 Å². The van der Waals surface area contributed by atoms with Gasteiger partial charge in [-0.3, -0.25) is 14.9 Å². The molecule has 0 unspecified atom stereocenters. The molecule has 0 fully saturated rings. The number of rotatable bonds is 2. The molecule has 0 amide bonds. The van der Waals surface area contributed by atoms with Gasteiger partial charge in [-0.15, -0.1) is 0 Å². The summed E-state index contributed by atoms with van der Waals surface area (Å²) in [6, 6.07) is 4.65. The molecule has 2 rings (SSSR count). The second-order valence-electron chi connectivity index (χ2n) is 4.21. The number of hydrogen-bond donors (Lipinski definition) is 0. The molecule has 1 aliphatic rings. The number of nitrogens with zero attached hydrogens (tertiary/aromatic N) is 2. The monoisotopic (exact) mass is 264 g/mol. The van der Waals surface area contributed by atoms with E-state index in [1.807, 2.05) is 19.0 Å². The Hall–Kier alpha value is -1.82. The third kappa shape index (κ3) is 2.53. The Bertz CT molecular complexity index is 552. The summed E-state index contributed by atoms with van der Waals surface area (Å²) in [5, 5.41) is 10.7. The number of carbonyl (C=O) groups excluding carboxylic acids is 1. The number of ketones is 1. The minimum Gasteiger partial charge on any atom is -0.382 e. The molecule has 1 heterocycles. The molecule has 5 nitrogen and oxygen atoms in total. The van der Waals surface area contributed by atoms with Gasteiger partial charge in [0, 0.05) is 43.7 Å². The van der Waals surface area contributed by atoms with Crippen molar-refractivity contribution in [3.8, 4) is 0 Å². The Morgan fingerprint density at radius 3 is 2.78 bits per heavy atom. The summed E-state index contributed by atoms with van der Waals surface area (Å²) in [6.07, 6.45) is 2.00. The van der Waals surface area contributed by atoms with Crippen LogP contribution in [0.15, 0.2) is 34.2 Å². The number of fused-ring (bicyclic) bond motifs is 1. The van der Waals surface area contributed by atoms with Crippen LogP contribution in [-0.2, 0) is 11.2 Å². The van der Waals surface area contributed by atoms with Crippen molar-refractivity contribution in [3.63, 3.8) is 0 Å². The summed E-state index contributed by atoms with van der Waals surface area (Å²) in [4.78, 5) is 25.5. The lowest BCUT2D eigenvalue weighted by Crippen LogP contribution is -2.14. The molecule has 6 heteroatoms. The predicted molar refractivity (Wildman–Crippen MR) is 69.4 cm³/mol. The van der Waals surface area contributed by atoms with Crippen LogP contribution < -0.4 is 0 Å². The average Bonchev–Trinajstić information content (AvgIpc) is 2.28. The Morgan fingerprint density at radius 1 is 1.44 bits per heavy atom. The van der Waals surface area contributed by atoms with Crippen molar-refractivity contribution in [1.29, 1.82) is 0 Å². The third-order valence-corrected chi connectivity index (χ3v) is 3.65. The van der Waals surface area contributed by atoms with Crippen molar-refractivity contribution in [2.45, 2.75) is 11.3 Å². The van der Waals surface area contributed by atoms with Crippen molar-refractivity contribution in [2.24, 2.45) is 0 Å². The van der Waals surface area contributed by atoms with Crippen molar-refractivity contribution < 1.29 is 9.72 Å². The number of carbonyl (C=O) groups is 1. The Morgan fingerprint density at radius 2 is 2.17 bits per heavy atom. The zero-order chi connectivity index (χ0) is 13.3. The molecule has 0 aliphatic carbocycles. The highest BCUT2D eigenvalue weighted by molar-refractivity contribution is 8.04. The van der Waals surface area contributed by atoms with Crippen LogP contribution in [0.4, 0.5) is 5.69 Å². The summed E-state index contributed by atoms with van der Waals surface area (Å²) in [5.74, 6) is 0.00157. The van der Waals surface area contributed by atoms with Gasteiger partial charge in [-0.25, -0.2) is 0 Å². The zero-order valence-electron chi connectivity index (χ0n) is 10.0. The summed E-state index contributed by atoms with van der Waals surface area (Å²) in [6.45, 7) is 0. The first-order valence-electron chi connectivity index (χ1n) is 5.34. The fourth-order valence-corrected chi connectivity index (χ4v) is 2.77. The molecular weight excluding hydrogens is 252 g/mol. The molecule has 1 aromatic rings. The fourth-order valence-electron chi connectivity index (χ4n) is 1.69. The first kappa shape index (κ1) is 12.6. The fraction of sp³-hybridized carbons (Fsp3) is 0.250. The minimum atomic E-state index is -0.444. The van der Waals surface area contributed by atoms with E-state index in [4.69, 9.17) is 0 Å². The standard InChI is InChI=1S/C12H12N2O3S/c1-13(2)7-12-10(15)6-8-5-9(14(16)17)3-4-11(8)18-12/h3-5,7H,6H2,1-2H3. The number of non-ortho nitro benzene ring substituents is 1. The molecule has 0 saturated heterocycles. The number of allylic oxidation sites excluding steroid dienone is 1. The first-order chi connectivity index (χ1) is 8.47. The second-order valence-corrected chi connectivity index (χ2v) is 5.29. The summed E-state index contributed by atoms with van der Waals surface area (Å²) in [5.41, 5.74) is 0.761. The molecule has 1 aromatic carbocycles. The van der Waals surface area contributed by atoms with E-state index in [-0.39, 0.29) is 17.9 Å². The lowest BCUT2D eigenvalue weighted by molar-refractivity contribution is -0.385. The molecule has 0 N–H and O–H groups in total. The second kappa shape index (κ2) is 4.81. The van der Waals surface area contributed by atoms with Crippen molar-refractivity contribution >= 4 is 23.2 Å². The molecule has 1 aliphatic heterocycles. The van der Waals surface area contributed by atoms with Crippen molar-refractivity contribution in [1.82, 2.24) is 4.90 Å². The van der Waals surface area contributed by atoms with E-state index in [9.17, 15) is 14.9 Å². The van der Waals surface area contributed by atoms with Gasteiger partial charge < -0.3 is 4.90 Å². The number of nitro benzene ring substituents is 1. The Kier molecular flexibility index (Phi) is 3.38. The number of Topliss-reactive ketones (excluding diaryl/α,β-unsaturated/α-hetero) is 1. The molecule has 0 bridgehead atoms. The normalized spacial score (nSPS) is 16.6. The SMILES string of the molecule is CN(C)C=C1Sc2ccc([N+](=O)[O-])cc2CC1=O. The van der Waals surface area contributed by atoms with Gasteiger partial charge in [0.15, 0.2) is 5.78 Å². The van der Waals surface area contributed by atoms with E-state index < -0.39 is 4.92 Å². The summed E-state index contributed by atoms with van der Waals surface area (Å²) < 4.78 is 0. The van der Waals surface area contributed by atoms with Crippen LogP contribution in [0, 0.1) is 10.1 Å². The van der Waals surface area contributed by atoms with E-state index >= 15 is 0 Å². The zero-order valence-corrected chi connectivity index (χ0v) is 10.9. The van der Waals surface area contributed by atoms with Gasteiger partial charge in [0.25, 0.3) is 5.69 Å². The van der Waals surface area contributed by atoms with Crippen LogP contribution in [0.2, 0.25) is 0 Å². The Labute approximate surface area is 109 Å². The predicted octanol–water partition coefficient (Wildman–Crippen LogP) is 2.22. The van der Waals surface area contributed by atoms with Gasteiger partial charge in [0.05, 0.1) is 9.83 Å². The van der Waals surface area contributed by atoms with Gasteiger partial charge in [-0.2, -0.15) is 0 Å². The quantitative estimate of drug-likeness (QED) is 0.465. The molecule has 0 atom stereocenters. The number of nitro groups is 1. The molecule has 0 saturated carbocycles. The molecule has 0 aromatic heterocycles. The molecule has 94 valence electrons. The van der Waals surface area contributed by atoms with Crippen LogP contribution in [0.5, 0.6) is 0 Å². The maximum Gasteiger partial charge on any atom is 0.269 e. The van der Waals surface area contributed by atoms with Crippen LogP contribution in [-0.4, -0.2) is 29.7 Å². The Balaban J connectivity index is 2.37. The van der Waals surface area contributed by atoms with Gasteiger partial charge in [-0.1, -0.05) is 11.8 Å². The van der Waals surface area contributed by atoms with Gasteiger partial charge in [0.2, 0.25) is 0 Å². The highest BCUT2D eigenvalue weighted by Crippen LogP contribution is 2.37. The number of thioether (sulfide) groups is 1. The van der Waals surface area contributed by atoms with Crippen LogP contribution >= 0.6 is 11.8 Å². The minimum absolute atomic E-state index is 0.00157. The highest BCUT2D eigenvalue weighted by Gasteiger charge is 2.23.